The number of benzene rings is 7. The number of nitrogens with zero attached hydrogens (tertiary/aromatic N) is 3. The van der Waals surface area contributed by atoms with Gasteiger partial charge in [0.15, 0.2) is 0 Å². The molecular weight excluding hydrogens is 597 g/mol. The molecule has 0 saturated carbocycles. The van der Waals surface area contributed by atoms with Gasteiger partial charge in [0, 0.05) is 66.1 Å². The first kappa shape index (κ1) is 25.6. The number of anilines is 3. The molecule has 0 aliphatic carbocycles. The largest absolute Gasteiger partial charge is 0.440 e. The number of hydrogen-bond donors (Lipinski definition) is 0. The van der Waals surface area contributed by atoms with E-state index in [1.165, 1.54) is 71.4 Å². The van der Waals surface area contributed by atoms with Crippen molar-refractivity contribution in [2.45, 2.75) is 0 Å². The van der Waals surface area contributed by atoms with Crippen LogP contribution in [0, 0.1) is 0 Å². The second-order valence-corrected chi connectivity index (χ2v) is 13.2. The lowest BCUT2D eigenvalue weighted by atomic mass is 9.45. The maximum Gasteiger partial charge on any atom is 0.337 e. The molecule has 49 heavy (non-hydrogen) atoms. The monoisotopic (exact) mass is 623 g/mol. The Hall–Kier alpha value is -6.46. The Morgan fingerprint density at radius 3 is 1.96 bits per heavy atom. The smallest absolute Gasteiger partial charge is 0.337 e. The molecule has 0 atom stereocenters. The molecule has 2 aliphatic rings. The zero-order valence-electron chi connectivity index (χ0n) is 26.3. The number of rotatable bonds is 2. The summed E-state index contributed by atoms with van der Waals surface area (Å²) >= 11 is 0. The van der Waals surface area contributed by atoms with Gasteiger partial charge in [-0.1, -0.05) is 103 Å². The second-order valence-electron chi connectivity index (χ2n) is 13.2. The average molecular weight is 624 g/mol. The quantitative estimate of drug-likeness (QED) is 0.179. The Balaban J connectivity index is 1.28. The van der Waals surface area contributed by atoms with Crippen molar-refractivity contribution in [2.24, 2.45) is 0 Å². The van der Waals surface area contributed by atoms with Crippen molar-refractivity contribution < 1.29 is 4.42 Å². The Kier molecular flexibility index (Phi) is 4.77. The lowest BCUT2D eigenvalue weighted by Gasteiger charge is -2.37. The van der Waals surface area contributed by atoms with Gasteiger partial charge >= 0.3 is 6.85 Å². The number of aromatic nitrogens is 2. The molecule has 7 aromatic carbocycles. The van der Waals surface area contributed by atoms with Gasteiger partial charge in [0.1, 0.15) is 5.58 Å². The van der Waals surface area contributed by atoms with E-state index >= 15 is 0 Å². The first-order chi connectivity index (χ1) is 24.4. The highest BCUT2D eigenvalue weighted by Gasteiger charge is 2.45. The summed E-state index contributed by atoms with van der Waals surface area (Å²) in [6, 6.07) is 57.1. The highest BCUT2D eigenvalue weighted by Crippen LogP contribution is 2.48. The SMILES string of the molecule is c1ccc(N2c3cccc4c3B(c3c2oc2ccccc32)n2c3ccc5c(c6ccccc6n5-c5ccccc5)c3c3cccc-4c32)cc1. The molecule has 3 aromatic heterocycles. The first-order valence-corrected chi connectivity index (χ1v) is 16.9. The predicted octanol–water partition coefficient (Wildman–Crippen LogP) is 10.1. The van der Waals surface area contributed by atoms with Crippen molar-refractivity contribution in [1.82, 2.24) is 9.05 Å². The van der Waals surface area contributed by atoms with E-state index in [0.717, 1.165) is 28.2 Å². The lowest BCUT2D eigenvalue weighted by molar-refractivity contribution is 0.622. The maximum absolute atomic E-state index is 6.87. The standard InChI is InChI=1S/C44H26BN3O/c1-3-13-27(14-4-1)46-34-22-9-7-17-31(34)39-35(46)25-26-36-40(39)33-21-11-20-30-29-19-12-23-37-41(29)45(48(36)43(30)33)42-32-18-8-10-24-38(32)49-44(42)47(37)28-15-5-2-6-16-28/h1-26H. The third kappa shape index (κ3) is 3.11. The minimum Gasteiger partial charge on any atom is -0.440 e. The molecule has 2 aliphatic heterocycles. The average Bonchev–Trinajstić information content (AvgIpc) is 3.82. The Labute approximate surface area is 281 Å². The lowest BCUT2D eigenvalue weighted by Crippen LogP contribution is -2.56. The summed E-state index contributed by atoms with van der Waals surface area (Å²) in [6.45, 7) is -0.0698. The topological polar surface area (TPSA) is 26.2 Å². The Bertz CT molecular complexity index is 3010. The van der Waals surface area contributed by atoms with Gasteiger partial charge in [-0.05, 0) is 65.6 Å². The Morgan fingerprint density at radius 2 is 1.10 bits per heavy atom. The number of para-hydroxylation sites is 5. The summed E-state index contributed by atoms with van der Waals surface area (Å²) in [5.41, 5.74) is 14.3. The summed E-state index contributed by atoms with van der Waals surface area (Å²) in [6.07, 6.45) is 0. The fourth-order valence-electron chi connectivity index (χ4n) is 9.09. The van der Waals surface area contributed by atoms with Crippen LogP contribution < -0.4 is 15.8 Å². The van der Waals surface area contributed by atoms with E-state index in [1.807, 2.05) is 0 Å². The summed E-state index contributed by atoms with van der Waals surface area (Å²) in [5, 5.41) is 6.30. The van der Waals surface area contributed by atoms with Crippen LogP contribution in [0.25, 0.3) is 71.4 Å². The molecular formula is C44H26BN3O. The molecule has 5 heterocycles. The molecule has 0 radical (unpaired) electrons. The van der Waals surface area contributed by atoms with Gasteiger partial charge in [-0.3, -0.25) is 4.90 Å². The molecule has 0 fully saturated rings. The van der Waals surface area contributed by atoms with E-state index in [2.05, 4.69) is 172 Å². The summed E-state index contributed by atoms with van der Waals surface area (Å²) < 4.78 is 11.9. The molecule has 0 amide bonds. The minimum atomic E-state index is -0.0698. The van der Waals surface area contributed by atoms with Crippen molar-refractivity contribution in [3.05, 3.63) is 158 Å². The highest BCUT2D eigenvalue weighted by molar-refractivity contribution is 6.91. The summed E-state index contributed by atoms with van der Waals surface area (Å²) in [7, 11) is 0. The molecule has 12 rings (SSSR count). The number of furan rings is 1. The molecule has 0 spiro atoms. The molecule has 0 saturated heterocycles. The van der Waals surface area contributed by atoms with Gasteiger partial charge in [-0.15, -0.1) is 0 Å². The van der Waals surface area contributed by atoms with Crippen LogP contribution in [0.15, 0.2) is 162 Å². The fraction of sp³-hybridized carbons (Fsp3) is 0. The summed E-state index contributed by atoms with van der Waals surface area (Å²) in [5.74, 6) is 0.887. The van der Waals surface area contributed by atoms with E-state index in [9.17, 15) is 0 Å². The molecule has 4 nitrogen and oxygen atoms in total. The molecule has 226 valence electrons. The maximum atomic E-state index is 6.87. The zero-order valence-corrected chi connectivity index (χ0v) is 26.3. The van der Waals surface area contributed by atoms with Crippen LogP contribution in [0.5, 0.6) is 0 Å². The summed E-state index contributed by atoms with van der Waals surface area (Å²) in [4.78, 5) is 2.33. The van der Waals surface area contributed by atoms with Gasteiger partial charge in [0.25, 0.3) is 0 Å². The van der Waals surface area contributed by atoms with E-state index in [4.69, 9.17) is 4.42 Å². The van der Waals surface area contributed by atoms with E-state index < -0.39 is 0 Å². The van der Waals surface area contributed by atoms with Crippen molar-refractivity contribution in [1.29, 1.82) is 0 Å². The van der Waals surface area contributed by atoms with Gasteiger partial charge < -0.3 is 13.5 Å². The van der Waals surface area contributed by atoms with Crippen LogP contribution in [-0.4, -0.2) is 15.9 Å². The molecule has 0 bridgehead atoms. The van der Waals surface area contributed by atoms with Crippen LogP contribution >= 0.6 is 0 Å². The number of fused-ring (bicyclic) bond motifs is 13. The molecule has 5 heteroatoms. The Morgan fingerprint density at radius 1 is 0.449 bits per heavy atom. The van der Waals surface area contributed by atoms with Gasteiger partial charge in [-0.25, -0.2) is 0 Å². The molecule has 0 N–H and O–H groups in total. The third-order valence-electron chi connectivity index (χ3n) is 10.9. The first-order valence-electron chi connectivity index (χ1n) is 16.9. The van der Waals surface area contributed by atoms with Crippen molar-refractivity contribution in [3.8, 4) is 16.8 Å². The van der Waals surface area contributed by atoms with Crippen LogP contribution in [0.1, 0.15) is 0 Å². The second kappa shape index (κ2) is 9.12. The van der Waals surface area contributed by atoms with Crippen LogP contribution in [0.4, 0.5) is 17.3 Å². The fourth-order valence-corrected chi connectivity index (χ4v) is 9.09. The van der Waals surface area contributed by atoms with Crippen molar-refractivity contribution in [2.75, 3.05) is 4.90 Å². The van der Waals surface area contributed by atoms with Crippen LogP contribution in [0.3, 0.4) is 0 Å². The van der Waals surface area contributed by atoms with E-state index in [1.54, 1.807) is 0 Å². The predicted molar refractivity (Wildman–Crippen MR) is 204 cm³/mol. The zero-order chi connectivity index (χ0) is 31.8. The highest BCUT2D eigenvalue weighted by atomic mass is 16.4. The van der Waals surface area contributed by atoms with Gasteiger partial charge in [0.2, 0.25) is 5.88 Å². The van der Waals surface area contributed by atoms with E-state index in [0.29, 0.717) is 0 Å². The van der Waals surface area contributed by atoms with Crippen molar-refractivity contribution in [3.63, 3.8) is 0 Å². The van der Waals surface area contributed by atoms with E-state index in [-0.39, 0.29) is 6.85 Å². The van der Waals surface area contributed by atoms with Crippen molar-refractivity contribution >= 4 is 89.6 Å². The molecule has 0 unspecified atom stereocenters. The van der Waals surface area contributed by atoms with Gasteiger partial charge in [-0.2, -0.15) is 0 Å². The van der Waals surface area contributed by atoms with Crippen LogP contribution in [-0.2, 0) is 0 Å². The normalized spacial score (nSPS) is 13.2. The van der Waals surface area contributed by atoms with Crippen LogP contribution in [0.2, 0.25) is 0 Å². The minimum absolute atomic E-state index is 0.0698. The van der Waals surface area contributed by atoms with Gasteiger partial charge in [0.05, 0.1) is 11.0 Å². The third-order valence-corrected chi connectivity index (χ3v) is 10.9. The molecule has 10 aromatic rings. The number of hydrogen-bond acceptors (Lipinski definition) is 2.